The molecule has 0 aromatic carbocycles. The molecule has 2 heterocycles. The lowest BCUT2D eigenvalue weighted by Gasteiger charge is -2.14. The van der Waals surface area contributed by atoms with Crippen molar-refractivity contribution in [3.8, 4) is 0 Å². The lowest BCUT2D eigenvalue weighted by Crippen LogP contribution is -2.22. The van der Waals surface area contributed by atoms with E-state index in [2.05, 4.69) is 13.8 Å². The Labute approximate surface area is 61.7 Å². The topological polar surface area (TPSA) is 26.8 Å². The van der Waals surface area contributed by atoms with Crippen molar-refractivity contribution in [2.24, 2.45) is 11.8 Å². The molecule has 0 saturated heterocycles. The van der Waals surface area contributed by atoms with Crippen LogP contribution in [0, 0.1) is 11.8 Å². The summed E-state index contributed by atoms with van der Waals surface area (Å²) in [5, 5.41) is 0. The first-order chi connectivity index (χ1) is 4.70. The van der Waals surface area contributed by atoms with Crippen LogP contribution >= 0.6 is 0 Å². The van der Waals surface area contributed by atoms with E-state index >= 15 is 0 Å². The minimum absolute atomic E-state index is 0.546. The molecule has 0 radical (unpaired) electrons. The van der Waals surface area contributed by atoms with Crippen molar-refractivity contribution in [2.75, 3.05) is 0 Å². The van der Waals surface area contributed by atoms with Gasteiger partial charge in [-0.05, 0) is 0 Å². The summed E-state index contributed by atoms with van der Waals surface area (Å²) < 4.78 is 1.76. The van der Waals surface area contributed by atoms with Gasteiger partial charge in [-0.3, -0.25) is 4.68 Å². The number of hydrogen-bond acceptors (Lipinski definition) is 0. The van der Waals surface area contributed by atoms with Gasteiger partial charge in [-0.2, -0.15) is 0 Å². The fraction of sp³-hybridized carbons (Fsp3) is 0.875. The highest BCUT2D eigenvalue weighted by molar-refractivity contribution is 5.85. The number of nitrogens with zero attached hydrogens (tertiary/aromatic N) is 1. The van der Waals surface area contributed by atoms with Crippen molar-refractivity contribution in [3.05, 3.63) is 5.84 Å². The maximum Gasteiger partial charge on any atom is 0.151 e. The van der Waals surface area contributed by atoms with Crippen molar-refractivity contribution >= 4 is 5.71 Å². The van der Waals surface area contributed by atoms with E-state index in [1.54, 1.807) is 4.68 Å². The molecule has 2 nitrogen and oxygen atoms in total. The number of hydrogen-bond donors (Lipinski definition) is 0. The molecule has 2 heteroatoms. The molecular formula is C8H14N2. The standard InChI is InChI=1S/C8H14N2/c1-5-3-8-6(2)4-7(5)10(8)9/h5-7,9H,3-4H2,1-2H3. The summed E-state index contributed by atoms with van der Waals surface area (Å²) in [4.78, 5) is 0. The summed E-state index contributed by atoms with van der Waals surface area (Å²) in [7, 11) is 0. The van der Waals surface area contributed by atoms with E-state index in [0.717, 1.165) is 5.92 Å². The third kappa shape index (κ3) is 0.568. The molecule has 2 aliphatic rings. The highest BCUT2D eigenvalue weighted by atomic mass is 15.4. The molecule has 2 bridgehead atoms. The molecule has 0 aromatic rings. The fourth-order valence-electron chi connectivity index (χ4n) is 2.31. The summed E-state index contributed by atoms with van der Waals surface area (Å²) in [6, 6.07) is 0.546. The fourth-order valence-corrected chi connectivity index (χ4v) is 2.31. The van der Waals surface area contributed by atoms with Crippen molar-refractivity contribution in [1.29, 1.82) is 0 Å². The molecule has 3 atom stereocenters. The van der Waals surface area contributed by atoms with E-state index in [-0.39, 0.29) is 0 Å². The van der Waals surface area contributed by atoms with Crippen molar-refractivity contribution in [2.45, 2.75) is 32.7 Å². The van der Waals surface area contributed by atoms with Crippen molar-refractivity contribution < 1.29 is 4.68 Å². The van der Waals surface area contributed by atoms with Gasteiger partial charge in [-0.15, -0.1) is 0 Å². The van der Waals surface area contributed by atoms with Crippen LogP contribution in [0.2, 0.25) is 0 Å². The van der Waals surface area contributed by atoms with Crippen LogP contribution in [-0.2, 0) is 0 Å². The van der Waals surface area contributed by atoms with Gasteiger partial charge < -0.3 is 5.84 Å². The van der Waals surface area contributed by atoms with Gasteiger partial charge in [0.25, 0.3) is 0 Å². The number of nitrogens with one attached hydrogen (secondary N) is 1. The monoisotopic (exact) mass is 138 g/mol. The molecule has 0 fully saturated rings. The summed E-state index contributed by atoms with van der Waals surface area (Å²) in [5.41, 5.74) is 1.37. The molecule has 3 unspecified atom stereocenters. The minimum atomic E-state index is 0.546. The second-order valence-corrected chi connectivity index (χ2v) is 3.75. The van der Waals surface area contributed by atoms with Crippen LogP contribution in [0.5, 0.6) is 0 Å². The molecule has 56 valence electrons. The zero-order chi connectivity index (χ0) is 7.30. The largest absolute Gasteiger partial charge is 0.454 e. The number of rotatable bonds is 0. The Morgan fingerprint density at radius 1 is 1.50 bits per heavy atom. The molecule has 0 aromatic heterocycles. The lowest BCUT2D eigenvalue weighted by molar-refractivity contribution is -0.490. The first-order valence-electron chi connectivity index (χ1n) is 4.06. The Morgan fingerprint density at radius 2 is 2.20 bits per heavy atom. The van der Waals surface area contributed by atoms with Gasteiger partial charge in [-0.25, -0.2) is 0 Å². The second-order valence-electron chi connectivity index (χ2n) is 3.75. The molecule has 2 rings (SSSR count). The maximum atomic E-state index is 7.66. The van der Waals surface area contributed by atoms with Crippen LogP contribution in [-0.4, -0.2) is 16.4 Å². The highest BCUT2D eigenvalue weighted by Crippen LogP contribution is 2.35. The van der Waals surface area contributed by atoms with Crippen LogP contribution in [0.15, 0.2) is 0 Å². The van der Waals surface area contributed by atoms with Crippen LogP contribution in [0.1, 0.15) is 26.7 Å². The predicted octanol–water partition coefficient (Wildman–Crippen LogP) is 1.86. The smallest absolute Gasteiger partial charge is 0.151 e. The zero-order valence-electron chi connectivity index (χ0n) is 6.59. The van der Waals surface area contributed by atoms with Gasteiger partial charge in [-0.1, -0.05) is 13.8 Å². The zero-order valence-corrected chi connectivity index (χ0v) is 6.59. The SMILES string of the molecule is CC1CC2C(C)CC1=[N+]2[NH-]. The maximum absolute atomic E-state index is 7.66. The Bertz CT molecular complexity index is 195. The van der Waals surface area contributed by atoms with E-state index in [1.165, 1.54) is 18.6 Å². The Morgan fingerprint density at radius 3 is 2.50 bits per heavy atom. The van der Waals surface area contributed by atoms with Gasteiger partial charge in [0.05, 0.1) is 0 Å². The highest BCUT2D eigenvalue weighted by Gasteiger charge is 2.45. The van der Waals surface area contributed by atoms with Crippen LogP contribution < -0.4 is 0 Å². The van der Waals surface area contributed by atoms with Crippen LogP contribution in [0.3, 0.4) is 0 Å². The van der Waals surface area contributed by atoms with Gasteiger partial charge in [0.15, 0.2) is 11.8 Å². The Hall–Kier alpha value is -0.530. The predicted molar refractivity (Wildman–Crippen MR) is 40.9 cm³/mol. The molecule has 0 saturated carbocycles. The molecule has 0 spiro atoms. The first kappa shape index (κ1) is 6.20. The quantitative estimate of drug-likeness (QED) is 0.457. The number of fused-ring (bicyclic) bond motifs is 1. The van der Waals surface area contributed by atoms with Crippen LogP contribution in [0.25, 0.3) is 5.84 Å². The normalized spacial score (nSPS) is 45.2. The summed E-state index contributed by atoms with van der Waals surface area (Å²) in [6.45, 7) is 4.49. The van der Waals surface area contributed by atoms with E-state index in [4.69, 9.17) is 5.84 Å². The molecular weight excluding hydrogens is 124 g/mol. The van der Waals surface area contributed by atoms with Gasteiger partial charge in [0.2, 0.25) is 0 Å². The molecule has 0 amide bonds. The van der Waals surface area contributed by atoms with Gasteiger partial charge >= 0.3 is 0 Å². The van der Waals surface area contributed by atoms with Crippen molar-refractivity contribution in [1.82, 2.24) is 0 Å². The minimum Gasteiger partial charge on any atom is -0.454 e. The molecule has 1 N–H and O–H groups in total. The Balaban J connectivity index is 2.30. The van der Waals surface area contributed by atoms with E-state index in [0.29, 0.717) is 12.0 Å². The molecule has 0 aliphatic carbocycles. The van der Waals surface area contributed by atoms with Gasteiger partial charge in [0.1, 0.15) is 0 Å². The van der Waals surface area contributed by atoms with Crippen molar-refractivity contribution in [3.63, 3.8) is 0 Å². The van der Waals surface area contributed by atoms with E-state index in [1.807, 2.05) is 0 Å². The third-order valence-corrected chi connectivity index (χ3v) is 2.99. The second kappa shape index (κ2) is 1.74. The summed E-state index contributed by atoms with van der Waals surface area (Å²) in [5.74, 6) is 9.10. The van der Waals surface area contributed by atoms with E-state index in [9.17, 15) is 0 Å². The molecule has 10 heavy (non-hydrogen) atoms. The summed E-state index contributed by atoms with van der Waals surface area (Å²) >= 11 is 0. The average Bonchev–Trinajstić information content (AvgIpc) is 2.26. The third-order valence-electron chi connectivity index (χ3n) is 2.99. The molecule has 2 aliphatic heterocycles. The first-order valence-corrected chi connectivity index (χ1v) is 4.06. The lowest BCUT2D eigenvalue weighted by atomic mass is 9.84. The average molecular weight is 138 g/mol. The van der Waals surface area contributed by atoms with Gasteiger partial charge in [0, 0.05) is 24.7 Å². The Kier molecular flexibility index (Phi) is 1.08. The summed E-state index contributed by atoms with van der Waals surface area (Å²) in [6.07, 6.45) is 2.40. The van der Waals surface area contributed by atoms with E-state index < -0.39 is 0 Å². The van der Waals surface area contributed by atoms with Crippen LogP contribution in [0.4, 0.5) is 0 Å².